The van der Waals surface area contributed by atoms with Crippen LogP contribution in [0.5, 0.6) is 0 Å². The molecule has 0 N–H and O–H groups in total. The molecule has 27 heavy (non-hydrogen) atoms. The highest BCUT2D eigenvalue weighted by molar-refractivity contribution is 5.74. The molecule has 6 heteroatoms. The van der Waals surface area contributed by atoms with E-state index in [0.717, 1.165) is 24.0 Å². The summed E-state index contributed by atoms with van der Waals surface area (Å²) in [7, 11) is 2.09. The molecular weight excluding hydrogens is 338 g/mol. The van der Waals surface area contributed by atoms with E-state index in [-0.39, 0.29) is 6.04 Å². The van der Waals surface area contributed by atoms with E-state index in [1.165, 1.54) is 5.56 Å². The Morgan fingerprint density at radius 2 is 1.85 bits per heavy atom. The standard InChI is InChI=1S/C21H23N5O/c1-3-18(25(2)13-16-9-5-4-6-10-16)21-23-20(24-27-21)14-26-15-22-17-11-7-8-12-19(17)26/h4-12,15,18H,3,13-14H2,1-2H3. The van der Waals surface area contributed by atoms with Crippen LogP contribution in [-0.2, 0) is 13.1 Å². The molecule has 6 nitrogen and oxygen atoms in total. The Labute approximate surface area is 158 Å². The van der Waals surface area contributed by atoms with Crippen molar-refractivity contribution < 1.29 is 4.52 Å². The number of aromatic nitrogens is 4. The second-order valence-corrected chi connectivity index (χ2v) is 6.73. The lowest BCUT2D eigenvalue weighted by Gasteiger charge is -2.23. The molecule has 0 aliphatic carbocycles. The third-order valence-corrected chi connectivity index (χ3v) is 4.80. The molecule has 0 aliphatic heterocycles. The van der Waals surface area contributed by atoms with Crippen LogP contribution in [0.1, 0.15) is 36.7 Å². The summed E-state index contributed by atoms with van der Waals surface area (Å²) < 4.78 is 7.64. The van der Waals surface area contributed by atoms with Gasteiger partial charge in [0, 0.05) is 6.54 Å². The smallest absolute Gasteiger partial charge is 0.244 e. The van der Waals surface area contributed by atoms with Crippen LogP contribution in [0.3, 0.4) is 0 Å². The Bertz CT molecular complexity index is 1010. The van der Waals surface area contributed by atoms with Gasteiger partial charge in [-0.05, 0) is 31.2 Å². The van der Waals surface area contributed by atoms with E-state index in [1.54, 1.807) is 0 Å². The summed E-state index contributed by atoms with van der Waals surface area (Å²) >= 11 is 0. The highest BCUT2D eigenvalue weighted by Crippen LogP contribution is 2.23. The van der Waals surface area contributed by atoms with Gasteiger partial charge in [-0.15, -0.1) is 0 Å². The van der Waals surface area contributed by atoms with Crippen LogP contribution in [0.2, 0.25) is 0 Å². The normalized spacial score (nSPS) is 12.7. The highest BCUT2D eigenvalue weighted by Gasteiger charge is 2.22. The van der Waals surface area contributed by atoms with Gasteiger partial charge in [-0.2, -0.15) is 4.98 Å². The van der Waals surface area contributed by atoms with Crippen molar-refractivity contribution in [2.45, 2.75) is 32.5 Å². The van der Waals surface area contributed by atoms with Crippen molar-refractivity contribution >= 4 is 11.0 Å². The molecule has 0 bridgehead atoms. The lowest BCUT2D eigenvalue weighted by molar-refractivity contribution is 0.183. The minimum atomic E-state index is 0.0889. The summed E-state index contributed by atoms with van der Waals surface area (Å²) in [6.07, 6.45) is 2.72. The molecular formula is C21H23N5O. The molecule has 2 heterocycles. The number of hydrogen-bond acceptors (Lipinski definition) is 5. The first-order valence-electron chi connectivity index (χ1n) is 9.21. The Morgan fingerprint density at radius 1 is 1.07 bits per heavy atom. The molecule has 2 aromatic carbocycles. The van der Waals surface area contributed by atoms with Crippen molar-refractivity contribution in [2.75, 3.05) is 7.05 Å². The number of nitrogens with zero attached hydrogens (tertiary/aromatic N) is 5. The number of imidazole rings is 1. The first-order chi connectivity index (χ1) is 13.2. The number of fused-ring (bicyclic) bond motifs is 1. The summed E-state index contributed by atoms with van der Waals surface area (Å²) in [6, 6.07) is 18.5. The van der Waals surface area contributed by atoms with Crippen LogP contribution >= 0.6 is 0 Å². The number of para-hydroxylation sites is 2. The topological polar surface area (TPSA) is 60.0 Å². The van der Waals surface area contributed by atoms with Crippen LogP contribution in [0, 0.1) is 0 Å². The largest absolute Gasteiger partial charge is 0.338 e. The van der Waals surface area contributed by atoms with Gasteiger partial charge in [0.1, 0.15) is 0 Å². The monoisotopic (exact) mass is 361 g/mol. The summed E-state index contributed by atoms with van der Waals surface area (Å²) in [5.74, 6) is 1.33. The van der Waals surface area contributed by atoms with Crippen molar-refractivity contribution in [3.05, 3.63) is 78.2 Å². The lowest BCUT2D eigenvalue weighted by Crippen LogP contribution is -2.24. The van der Waals surface area contributed by atoms with Gasteiger partial charge < -0.3 is 9.09 Å². The predicted octanol–water partition coefficient (Wildman–Crippen LogP) is 4.05. The van der Waals surface area contributed by atoms with Crippen molar-refractivity contribution in [1.29, 1.82) is 0 Å². The minimum absolute atomic E-state index is 0.0889. The van der Waals surface area contributed by atoms with E-state index in [9.17, 15) is 0 Å². The van der Waals surface area contributed by atoms with Gasteiger partial charge in [-0.3, -0.25) is 4.90 Å². The van der Waals surface area contributed by atoms with Crippen LogP contribution < -0.4 is 0 Å². The Kier molecular flexibility index (Phi) is 4.98. The fourth-order valence-electron chi connectivity index (χ4n) is 3.41. The van der Waals surface area contributed by atoms with Crippen LogP contribution in [-0.4, -0.2) is 31.6 Å². The molecule has 2 aromatic heterocycles. The Balaban J connectivity index is 1.50. The maximum absolute atomic E-state index is 5.60. The van der Waals surface area contributed by atoms with Gasteiger partial charge in [-0.1, -0.05) is 54.5 Å². The zero-order chi connectivity index (χ0) is 18.6. The second-order valence-electron chi connectivity index (χ2n) is 6.73. The van der Waals surface area contributed by atoms with E-state index in [1.807, 2.05) is 41.2 Å². The first-order valence-corrected chi connectivity index (χ1v) is 9.21. The Hall–Kier alpha value is -2.99. The summed E-state index contributed by atoms with van der Waals surface area (Å²) in [5, 5.41) is 4.19. The van der Waals surface area contributed by atoms with Gasteiger partial charge in [0.15, 0.2) is 5.82 Å². The molecule has 4 aromatic rings. The van der Waals surface area contributed by atoms with Crippen molar-refractivity contribution in [3.8, 4) is 0 Å². The number of rotatable bonds is 7. The van der Waals surface area contributed by atoms with E-state index in [2.05, 4.69) is 58.3 Å². The third kappa shape index (κ3) is 3.75. The van der Waals surface area contributed by atoms with Crippen molar-refractivity contribution in [3.63, 3.8) is 0 Å². The Morgan fingerprint density at radius 3 is 2.67 bits per heavy atom. The van der Waals surface area contributed by atoms with Crippen LogP contribution in [0.4, 0.5) is 0 Å². The van der Waals surface area contributed by atoms with Gasteiger partial charge in [0.05, 0.1) is 29.9 Å². The quantitative estimate of drug-likeness (QED) is 0.497. The van der Waals surface area contributed by atoms with Gasteiger partial charge >= 0.3 is 0 Å². The molecule has 0 fully saturated rings. The van der Waals surface area contributed by atoms with Crippen LogP contribution in [0.15, 0.2) is 65.4 Å². The summed E-state index contributed by atoms with van der Waals surface area (Å²) in [6.45, 7) is 3.52. The van der Waals surface area contributed by atoms with Gasteiger partial charge in [0.2, 0.25) is 5.89 Å². The molecule has 138 valence electrons. The molecule has 4 rings (SSSR count). The molecule has 0 saturated carbocycles. The molecule has 0 amide bonds. The number of hydrogen-bond donors (Lipinski definition) is 0. The zero-order valence-electron chi connectivity index (χ0n) is 15.6. The SMILES string of the molecule is CCC(c1nc(Cn2cnc3ccccc32)no1)N(C)Cc1ccccc1. The summed E-state index contributed by atoms with van der Waals surface area (Å²) in [5.41, 5.74) is 3.30. The lowest BCUT2D eigenvalue weighted by atomic mass is 10.1. The predicted molar refractivity (Wildman–Crippen MR) is 104 cm³/mol. The van der Waals surface area contributed by atoms with E-state index < -0.39 is 0 Å². The molecule has 0 saturated heterocycles. The second kappa shape index (κ2) is 7.72. The molecule has 0 spiro atoms. The van der Waals surface area contributed by atoms with Crippen molar-refractivity contribution in [1.82, 2.24) is 24.6 Å². The average molecular weight is 361 g/mol. The van der Waals surface area contributed by atoms with E-state index >= 15 is 0 Å². The van der Waals surface area contributed by atoms with Gasteiger partial charge in [-0.25, -0.2) is 4.98 Å². The van der Waals surface area contributed by atoms with Gasteiger partial charge in [0.25, 0.3) is 0 Å². The molecule has 0 radical (unpaired) electrons. The van der Waals surface area contributed by atoms with E-state index in [4.69, 9.17) is 4.52 Å². The maximum atomic E-state index is 5.60. The first kappa shape index (κ1) is 17.4. The van der Waals surface area contributed by atoms with Crippen molar-refractivity contribution in [2.24, 2.45) is 0 Å². The minimum Gasteiger partial charge on any atom is -0.338 e. The molecule has 1 unspecified atom stereocenters. The zero-order valence-corrected chi connectivity index (χ0v) is 15.6. The maximum Gasteiger partial charge on any atom is 0.244 e. The van der Waals surface area contributed by atoms with Crippen LogP contribution in [0.25, 0.3) is 11.0 Å². The fourth-order valence-corrected chi connectivity index (χ4v) is 3.41. The summed E-state index contributed by atoms with van der Waals surface area (Å²) in [4.78, 5) is 11.3. The third-order valence-electron chi connectivity index (χ3n) is 4.80. The molecule has 1 atom stereocenters. The average Bonchev–Trinajstić information content (AvgIpc) is 3.31. The number of benzene rings is 2. The molecule has 0 aliphatic rings. The fraction of sp³-hybridized carbons (Fsp3) is 0.286. The highest BCUT2D eigenvalue weighted by atomic mass is 16.5. The van der Waals surface area contributed by atoms with E-state index in [0.29, 0.717) is 18.3 Å².